The molecule has 0 aliphatic rings. The van der Waals surface area contributed by atoms with Gasteiger partial charge in [-0.1, -0.05) is 0 Å². The molecule has 0 saturated heterocycles. The minimum Gasteiger partial charge on any atom is -0.352 e. The minimum atomic E-state index is -0.128. The summed E-state index contributed by atoms with van der Waals surface area (Å²) < 4.78 is 0.858. The molecule has 0 radical (unpaired) electrons. The van der Waals surface area contributed by atoms with Crippen molar-refractivity contribution in [2.24, 2.45) is 0 Å². The van der Waals surface area contributed by atoms with Gasteiger partial charge in [0.25, 0.3) is 5.56 Å². The highest BCUT2D eigenvalue weighted by Gasteiger charge is 2.09. The first-order valence-electron chi connectivity index (χ1n) is 3.84. The summed E-state index contributed by atoms with van der Waals surface area (Å²) in [5.41, 5.74) is 2.00. The Hall–Kier alpha value is -1.10. The van der Waals surface area contributed by atoms with Gasteiger partial charge in [0.15, 0.2) is 0 Å². The van der Waals surface area contributed by atoms with E-state index in [1.54, 1.807) is 6.92 Å². The van der Waals surface area contributed by atoms with Crippen LogP contribution < -0.4 is 5.56 Å². The Bertz CT molecular complexity index is 526. The average molecular weight is 242 g/mol. The van der Waals surface area contributed by atoms with Crippen molar-refractivity contribution in [3.05, 3.63) is 26.3 Å². The second-order valence-corrected chi connectivity index (χ2v) is 3.73. The van der Waals surface area contributed by atoms with E-state index >= 15 is 0 Å². The summed E-state index contributed by atoms with van der Waals surface area (Å²) in [5.74, 6) is 0.622. The van der Waals surface area contributed by atoms with Crippen LogP contribution in [0.5, 0.6) is 0 Å². The van der Waals surface area contributed by atoms with Crippen molar-refractivity contribution in [1.82, 2.24) is 15.0 Å². The number of hydrogen-bond acceptors (Lipinski definition) is 2. The van der Waals surface area contributed by atoms with E-state index in [2.05, 4.69) is 30.9 Å². The zero-order valence-corrected chi connectivity index (χ0v) is 8.82. The quantitative estimate of drug-likeness (QED) is 0.737. The minimum absolute atomic E-state index is 0.128. The van der Waals surface area contributed by atoms with Gasteiger partial charge in [-0.3, -0.25) is 4.79 Å². The van der Waals surface area contributed by atoms with Gasteiger partial charge in [0.2, 0.25) is 0 Å². The first kappa shape index (κ1) is 8.50. The number of aromatic nitrogens is 3. The monoisotopic (exact) mass is 241 g/mol. The second-order valence-electron chi connectivity index (χ2n) is 2.94. The molecule has 0 bridgehead atoms. The fourth-order valence-corrected chi connectivity index (χ4v) is 1.67. The Morgan fingerprint density at radius 1 is 1.31 bits per heavy atom. The Morgan fingerprint density at radius 3 is 2.69 bits per heavy atom. The lowest BCUT2D eigenvalue weighted by Gasteiger charge is -1.92. The van der Waals surface area contributed by atoms with Gasteiger partial charge in [0.05, 0.1) is 4.47 Å². The van der Waals surface area contributed by atoms with Crippen LogP contribution in [0.2, 0.25) is 0 Å². The molecule has 4 nitrogen and oxygen atoms in total. The fraction of sp³-hybridized carbons (Fsp3) is 0.250. The molecule has 13 heavy (non-hydrogen) atoms. The van der Waals surface area contributed by atoms with Gasteiger partial charge in [0, 0.05) is 5.69 Å². The molecule has 0 aliphatic carbocycles. The molecule has 0 fully saturated rings. The molecule has 0 spiro atoms. The summed E-state index contributed by atoms with van der Waals surface area (Å²) in [6, 6.07) is 0. The first-order chi connectivity index (χ1) is 6.09. The van der Waals surface area contributed by atoms with E-state index < -0.39 is 0 Å². The van der Waals surface area contributed by atoms with Crippen LogP contribution in [0.25, 0.3) is 11.0 Å². The number of nitrogens with one attached hydrogen (secondary N) is 2. The highest BCUT2D eigenvalue weighted by molar-refractivity contribution is 9.10. The van der Waals surface area contributed by atoms with Crippen molar-refractivity contribution < 1.29 is 0 Å². The van der Waals surface area contributed by atoms with Crippen LogP contribution in [0.15, 0.2) is 9.27 Å². The lowest BCUT2D eigenvalue weighted by molar-refractivity contribution is 1.05. The standard InChI is InChI=1S/C8H8BrN3O/c1-3-5(9)6-7(10-3)8(13)12-4(2)11-6/h10H,1-2H3,(H,11,12,13). The maximum absolute atomic E-state index is 11.4. The Kier molecular flexibility index (Phi) is 1.76. The number of nitrogens with zero attached hydrogens (tertiary/aromatic N) is 1. The summed E-state index contributed by atoms with van der Waals surface area (Å²) >= 11 is 3.37. The first-order valence-corrected chi connectivity index (χ1v) is 4.63. The molecule has 0 saturated carbocycles. The maximum atomic E-state index is 11.4. The summed E-state index contributed by atoms with van der Waals surface area (Å²) in [6.45, 7) is 3.65. The van der Waals surface area contributed by atoms with E-state index in [9.17, 15) is 4.79 Å². The second kappa shape index (κ2) is 2.70. The Labute approximate surface area is 82.5 Å². The van der Waals surface area contributed by atoms with E-state index in [1.807, 2.05) is 6.92 Å². The third-order valence-electron chi connectivity index (χ3n) is 1.89. The summed E-state index contributed by atoms with van der Waals surface area (Å²) in [7, 11) is 0. The number of hydrogen-bond donors (Lipinski definition) is 2. The van der Waals surface area contributed by atoms with Gasteiger partial charge in [-0.05, 0) is 29.8 Å². The Morgan fingerprint density at radius 2 is 2.00 bits per heavy atom. The average Bonchev–Trinajstić information content (AvgIpc) is 2.32. The number of H-pyrrole nitrogens is 2. The summed E-state index contributed by atoms with van der Waals surface area (Å²) in [5, 5.41) is 0. The van der Waals surface area contributed by atoms with Crippen LogP contribution in [0.4, 0.5) is 0 Å². The van der Waals surface area contributed by atoms with E-state index in [1.165, 1.54) is 0 Å². The lowest BCUT2D eigenvalue weighted by Crippen LogP contribution is -2.09. The molecule has 0 amide bonds. The zero-order valence-electron chi connectivity index (χ0n) is 7.23. The number of aryl methyl sites for hydroxylation is 2. The SMILES string of the molecule is Cc1nc2c(Br)c(C)[nH]c2c(=O)[nH]1. The third-order valence-corrected chi connectivity index (χ3v) is 2.86. The number of aromatic amines is 2. The topological polar surface area (TPSA) is 61.5 Å². The summed E-state index contributed by atoms with van der Waals surface area (Å²) in [4.78, 5) is 21.2. The molecular formula is C8H8BrN3O. The highest BCUT2D eigenvalue weighted by Crippen LogP contribution is 2.22. The zero-order chi connectivity index (χ0) is 9.59. The Balaban J connectivity index is 3.03. The molecule has 2 rings (SSSR count). The molecule has 0 aromatic carbocycles. The molecule has 2 aromatic rings. The van der Waals surface area contributed by atoms with Crippen molar-refractivity contribution in [3.63, 3.8) is 0 Å². The molecule has 0 aliphatic heterocycles. The number of halogens is 1. The van der Waals surface area contributed by atoms with Crippen LogP contribution in [-0.4, -0.2) is 15.0 Å². The van der Waals surface area contributed by atoms with Crippen molar-refractivity contribution >= 4 is 27.0 Å². The smallest absolute Gasteiger partial charge is 0.275 e. The van der Waals surface area contributed by atoms with E-state index in [0.29, 0.717) is 16.9 Å². The molecule has 5 heteroatoms. The van der Waals surface area contributed by atoms with Crippen molar-refractivity contribution in [2.75, 3.05) is 0 Å². The van der Waals surface area contributed by atoms with Crippen LogP contribution in [0, 0.1) is 13.8 Å². The molecule has 0 unspecified atom stereocenters. The number of rotatable bonds is 0. The lowest BCUT2D eigenvalue weighted by atomic mass is 10.4. The van der Waals surface area contributed by atoms with Crippen molar-refractivity contribution in [1.29, 1.82) is 0 Å². The molecule has 68 valence electrons. The molecule has 2 N–H and O–H groups in total. The van der Waals surface area contributed by atoms with Crippen LogP contribution in [0.1, 0.15) is 11.5 Å². The van der Waals surface area contributed by atoms with Crippen molar-refractivity contribution in [2.45, 2.75) is 13.8 Å². The third kappa shape index (κ3) is 1.19. The van der Waals surface area contributed by atoms with Gasteiger partial charge >= 0.3 is 0 Å². The van der Waals surface area contributed by atoms with Gasteiger partial charge in [-0.2, -0.15) is 0 Å². The van der Waals surface area contributed by atoms with E-state index in [4.69, 9.17) is 0 Å². The van der Waals surface area contributed by atoms with Gasteiger partial charge < -0.3 is 9.97 Å². The van der Waals surface area contributed by atoms with Crippen molar-refractivity contribution in [3.8, 4) is 0 Å². The molecular weight excluding hydrogens is 234 g/mol. The van der Waals surface area contributed by atoms with E-state index in [0.717, 1.165) is 10.2 Å². The van der Waals surface area contributed by atoms with Gasteiger partial charge in [0.1, 0.15) is 16.9 Å². The van der Waals surface area contributed by atoms with Crippen LogP contribution in [-0.2, 0) is 0 Å². The predicted octanol–water partition coefficient (Wildman–Crippen LogP) is 1.63. The normalized spacial score (nSPS) is 11.0. The fourth-order valence-electron chi connectivity index (χ4n) is 1.28. The van der Waals surface area contributed by atoms with E-state index in [-0.39, 0.29) is 5.56 Å². The molecule has 2 heterocycles. The van der Waals surface area contributed by atoms with Crippen LogP contribution in [0.3, 0.4) is 0 Å². The van der Waals surface area contributed by atoms with Crippen LogP contribution >= 0.6 is 15.9 Å². The molecule has 2 aromatic heterocycles. The maximum Gasteiger partial charge on any atom is 0.275 e. The molecule has 0 atom stereocenters. The highest BCUT2D eigenvalue weighted by atomic mass is 79.9. The number of fused-ring (bicyclic) bond motifs is 1. The predicted molar refractivity (Wildman–Crippen MR) is 53.9 cm³/mol. The largest absolute Gasteiger partial charge is 0.352 e. The summed E-state index contributed by atoms with van der Waals surface area (Å²) in [6.07, 6.45) is 0. The van der Waals surface area contributed by atoms with Gasteiger partial charge in [-0.15, -0.1) is 0 Å². The van der Waals surface area contributed by atoms with Gasteiger partial charge in [-0.25, -0.2) is 4.98 Å².